The maximum Gasteiger partial charge on any atom is 0.326 e. The van der Waals surface area contributed by atoms with Crippen LogP contribution in [0.15, 0.2) is 24.3 Å². The van der Waals surface area contributed by atoms with E-state index in [1.54, 1.807) is 0 Å². The molecule has 156 valence electrons. The SMILES string of the molecule is NCCC[C@H](NC(=O)CCc1nc2ccccc2[nH]1)C(=O)N1CCC[C@H]1C(=O)O. The summed E-state index contributed by atoms with van der Waals surface area (Å²) < 4.78 is 0. The number of para-hydroxylation sites is 2. The number of carbonyl (C=O) groups is 3. The molecule has 2 aromatic rings. The zero-order valence-electron chi connectivity index (χ0n) is 16.3. The van der Waals surface area contributed by atoms with Crippen molar-refractivity contribution in [2.75, 3.05) is 13.1 Å². The highest BCUT2D eigenvalue weighted by Gasteiger charge is 2.37. The van der Waals surface area contributed by atoms with Gasteiger partial charge in [0.1, 0.15) is 17.9 Å². The number of aliphatic carboxylic acids is 1. The minimum atomic E-state index is -1.01. The first-order valence-corrected chi connectivity index (χ1v) is 9.96. The van der Waals surface area contributed by atoms with E-state index >= 15 is 0 Å². The normalized spacial score (nSPS) is 17.4. The topological polar surface area (TPSA) is 141 Å². The van der Waals surface area contributed by atoms with E-state index in [4.69, 9.17) is 5.73 Å². The average molecular weight is 401 g/mol. The Kier molecular flexibility index (Phi) is 6.82. The Hall–Kier alpha value is -2.94. The number of fused-ring (bicyclic) bond motifs is 1. The molecule has 5 N–H and O–H groups in total. The van der Waals surface area contributed by atoms with E-state index in [-0.39, 0.29) is 18.2 Å². The molecule has 0 spiro atoms. The summed E-state index contributed by atoms with van der Waals surface area (Å²) in [5.74, 6) is -0.923. The van der Waals surface area contributed by atoms with E-state index in [0.29, 0.717) is 51.0 Å². The number of carbonyl (C=O) groups excluding carboxylic acids is 2. The number of rotatable bonds is 9. The zero-order chi connectivity index (χ0) is 20.8. The first-order valence-electron chi connectivity index (χ1n) is 9.96. The maximum absolute atomic E-state index is 12.9. The van der Waals surface area contributed by atoms with Gasteiger partial charge in [0.15, 0.2) is 0 Å². The number of aryl methyl sites for hydroxylation is 1. The molecule has 9 nitrogen and oxygen atoms in total. The lowest BCUT2D eigenvalue weighted by molar-refractivity contribution is -0.149. The number of nitrogens with one attached hydrogen (secondary N) is 2. The van der Waals surface area contributed by atoms with Crippen LogP contribution >= 0.6 is 0 Å². The number of nitrogens with two attached hydrogens (primary N) is 1. The summed E-state index contributed by atoms with van der Waals surface area (Å²) in [4.78, 5) is 45.7. The molecule has 1 aromatic carbocycles. The van der Waals surface area contributed by atoms with Gasteiger partial charge in [0, 0.05) is 19.4 Å². The van der Waals surface area contributed by atoms with Gasteiger partial charge in [-0.3, -0.25) is 9.59 Å². The van der Waals surface area contributed by atoms with E-state index in [1.807, 2.05) is 24.3 Å². The molecule has 1 aliphatic heterocycles. The van der Waals surface area contributed by atoms with E-state index in [1.165, 1.54) is 4.90 Å². The molecule has 0 bridgehead atoms. The first-order chi connectivity index (χ1) is 14.0. The number of carboxylic acids is 1. The van der Waals surface area contributed by atoms with Crippen molar-refractivity contribution in [2.24, 2.45) is 5.73 Å². The Morgan fingerprint density at radius 2 is 2.14 bits per heavy atom. The Labute approximate surface area is 168 Å². The average Bonchev–Trinajstić information content (AvgIpc) is 3.35. The molecular weight excluding hydrogens is 374 g/mol. The Morgan fingerprint density at radius 1 is 1.34 bits per heavy atom. The number of imidazole rings is 1. The number of hydrogen-bond donors (Lipinski definition) is 4. The molecule has 0 radical (unpaired) electrons. The lowest BCUT2D eigenvalue weighted by atomic mass is 10.1. The lowest BCUT2D eigenvalue weighted by Crippen LogP contribution is -2.51. The number of hydrogen-bond acceptors (Lipinski definition) is 5. The molecule has 1 fully saturated rings. The first kappa shape index (κ1) is 20.8. The number of H-pyrrole nitrogens is 1. The fraction of sp³-hybridized carbons (Fsp3) is 0.500. The van der Waals surface area contributed by atoms with Gasteiger partial charge in [-0.1, -0.05) is 12.1 Å². The molecular formula is C20H27N5O4. The smallest absolute Gasteiger partial charge is 0.326 e. The number of carboxylic acid groups (broad SMARTS) is 1. The van der Waals surface area contributed by atoms with E-state index in [9.17, 15) is 19.5 Å². The summed E-state index contributed by atoms with van der Waals surface area (Å²) in [5, 5.41) is 12.1. The van der Waals surface area contributed by atoms with Gasteiger partial charge in [0.2, 0.25) is 11.8 Å². The number of benzene rings is 1. The predicted octanol–water partition coefficient (Wildman–Crippen LogP) is 0.795. The van der Waals surface area contributed by atoms with Gasteiger partial charge in [-0.2, -0.15) is 0 Å². The quantitative estimate of drug-likeness (QED) is 0.490. The van der Waals surface area contributed by atoms with Crippen LogP contribution in [-0.4, -0.2) is 62.9 Å². The van der Waals surface area contributed by atoms with Crippen molar-refractivity contribution < 1.29 is 19.5 Å². The number of aromatic nitrogens is 2. The van der Waals surface area contributed by atoms with Gasteiger partial charge in [-0.05, 0) is 44.4 Å². The van der Waals surface area contributed by atoms with E-state index in [0.717, 1.165) is 11.0 Å². The van der Waals surface area contributed by atoms with Crippen LogP contribution in [0.2, 0.25) is 0 Å². The standard InChI is InChI=1S/C20H27N5O4/c21-11-3-7-15(19(27)25-12-4-8-16(25)20(28)29)24-18(26)10-9-17-22-13-5-1-2-6-14(13)23-17/h1-2,5-6,15-16H,3-4,7-12,21H2,(H,22,23)(H,24,26)(H,28,29)/t15-,16-/m0/s1. The van der Waals surface area contributed by atoms with Gasteiger partial charge >= 0.3 is 5.97 Å². The van der Waals surface area contributed by atoms with Crippen molar-refractivity contribution in [2.45, 2.75) is 50.6 Å². The molecule has 1 aromatic heterocycles. The number of amides is 2. The molecule has 0 aliphatic carbocycles. The summed E-state index contributed by atoms with van der Waals surface area (Å²) in [6.07, 6.45) is 2.62. The molecule has 1 saturated heterocycles. The zero-order valence-corrected chi connectivity index (χ0v) is 16.3. The molecule has 1 aliphatic rings. The summed E-state index contributed by atoms with van der Waals surface area (Å²) >= 11 is 0. The molecule has 0 unspecified atom stereocenters. The van der Waals surface area contributed by atoms with Gasteiger partial charge in [0.25, 0.3) is 0 Å². The monoisotopic (exact) mass is 401 g/mol. The Balaban J connectivity index is 1.60. The fourth-order valence-corrected chi connectivity index (χ4v) is 3.69. The minimum absolute atomic E-state index is 0.175. The van der Waals surface area contributed by atoms with Crippen molar-refractivity contribution >= 4 is 28.8 Å². The fourth-order valence-electron chi connectivity index (χ4n) is 3.69. The van der Waals surface area contributed by atoms with Gasteiger partial charge in [0.05, 0.1) is 11.0 Å². The second-order valence-corrected chi connectivity index (χ2v) is 7.28. The van der Waals surface area contributed by atoms with Crippen molar-refractivity contribution in [3.8, 4) is 0 Å². The third-order valence-corrected chi connectivity index (χ3v) is 5.18. The number of likely N-dealkylation sites (tertiary alicyclic amines) is 1. The van der Waals surface area contributed by atoms with Crippen molar-refractivity contribution in [1.82, 2.24) is 20.2 Å². The van der Waals surface area contributed by atoms with Gasteiger partial charge in [-0.25, -0.2) is 9.78 Å². The summed E-state index contributed by atoms with van der Waals surface area (Å²) in [7, 11) is 0. The summed E-state index contributed by atoms with van der Waals surface area (Å²) in [6.45, 7) is 0.783. The van der Waals surface area contributed by atoms with Crippen molar-refractivity contribution in [3.05, 3.63) is 30.1 Å². The molecule has 0 saturated carbocycles. The highest BCUT2D eigenvalue weighted by molar-refractivity contribution is 5.91. The van der Waals surface area contributed by atoms with Crippen LogP contribution < -0.4 is 11.1 Å². The van der Waals surface area contributed by atoms with Crippen LogP contribution in [0.1, 0.15) is 37.9 Å². The highest BCUT2D eigenvalue weighted by Crippen LogP contribution is 2.19. The second-order valence-electron chi connectivity index (χ2n) is 7.28. The molecule has 9 heteroatoms. The third-order valence-electron chi connectivity index (χ3n) is 5.18. The number of aromatic amines is 1. The summed E-state index contributed by atoms with van der Waals surface area (Å²) in [6, 6.07) is 6.04. The van der Waals surface area contributed by atoms with Gasteiger partial charge in [-0.15, -0.1) is 0 Å². The number of nitrogens with zero attached hydrogens (tertiary/aromatic N) is 2. The molecule has 2 amide bonds. The van der Waals surface area contributed by atoms with E-state index in [2.05, 4.69) is 15.3 Å². The highest BCUT2D eigenvalue weighted by atomic mass is 16.4. The maximum atomic E-state index is 12.9. The third kappa shape index (κ3) is 5.11. The van der Waals surface area contributed by atoms with Crippen LogP contribution in [0.5, 0.6) is 0 Å². The molecule has 2 atom stereocenters. The van der Waals surface area contributed by atoms with Crippen molar-refractivity contribution in [3.63, 3.8) is 0 Å². The van der Waals surface area contributed by atoms with Gasteiger partial charge < -0.3 is 26.0 Å². The predicted molar refractivity (Wildman–Crippen MR) is 107 cm³/mol. The largest absolute Gasteiger partial charge is 0.480 e. The molecule has 29 heavy (non-hydrogen) atoms. The van der Waals surface area contributed by atoms with Crippen molar-refractivity contribution in [1.29, 1.82) is 0 Å². The molecule has 2 heterocycles. The molecule has 3 rings (SSSR count). The van der Waals surface area contributed by atoms with Crippen LogP contribution in [0, 0.1) is 0 Å². The summed E-state index contributed by atoms with van der Waals surface area (Å²) in [5.41, 5.74) is 7.31. The second kappa shape index (κ2) is 9.51. The van der Waals surface area contributed by atoms with Crippen LogP contribution in [-0.2, 0) is 20.8 Å². The lowest BCUT2D eigenvalue weighted by Gasteiger charge is -2.27. The Bertz CT molecular complexity index is 848. The van der Waals surface area contributed by atoms with Crippen LogP contribution in [0.3, 0.4) is 0 Å². The minimum Gasteiger partial charge on any atom is -0.480 e. The van der Waals surface area contributed by atoms with Crippen LogP contribution in [0.4, 0.5) is 0 Å². The Morgan fingerprint density at radius 3 is 2.86 bits per heavy atom. The van der Waals surface area contributed by atoms with Crippen LogP contribution in [0.25, 0.3) is 11.0 Å². The van der Waals surface area contributed by atoms with E-state index < -0.39 is 18.1 Å².